The standard InChI is InChI=1S/C7H9F3N2O.C4HF10O2P/c8-7(9,10)5-13-4-3-12-2-1-11-6-12;5-1(6,7)3(11,12)17(15,16)4(13,14)2(8,9)10/h1-2,6H,3-5H2;(H,15,16). The Hall–Kier alpha value is -1.55. The highest BCUT2D eigenvalue weighted by atomic mass is 31.2. The molecule has 0 atom stereocenters. The summed E-state index contributed by atoms with van der Waals surface area (Å²) in [5, 5.41) is 0. The number of imidazole rings is 1. The second kappa shape index (κ2) is 9.30. The van der Waals surface area contributed by atoms with Crippen molar-refractivity contribution in [2.45, 2.75) is 36.4 Å². The molecule has 0 aromatic carbocycles. The van der Waals surface area contributed by atoms with Crippen LogP contribution in [-0.4, -0.2) is 48.1 Å². The van der Waals surface area contributed by atoms with Gasteiger partial charge in [0, 0.05) is 0 Å². The van der Waals surface area contributed by atoms with Gasteiger partial charge in [0.1, 0.15) is 25.5 Å². The van der Waals surface area contributed by atoms with Crippen LogP contribution in [0.3, 0.4) is 0 Å². The van der Waals surface area contributed by atoms with Crippen LogP contribution in [0.15, 0.2) is 18.7 Å². The molecule has 19 heteroatoms. The molecule has 0 aliphatic rings. The van der Waals surface area contributed by atoms with E-state index >= 15 is 0 Å². The van der Waals surface area contributed by atoms with Gasteiger partial charge in [0.25, 0.3) is 0 Å². The zero-order chi connectivity index (χ0) is 24.2. The normalized spacial score (nSPS) is 14.3. The Bertz CT molecular complexity index is 667. The van der Waals surface area contributed by atoms with Gasteiger partial charge < -0.3 is 14.2 Å². The molecule has 0 radical (unpaired) electrons. The van der Waals surface area contributed by atoms with Gasteiger partial charge in [0.05, 0.1) is 6.61 Å². The van der Waals surface area contributed by atoms with Crippen molar-refractivity contribution in [1.29, 1.82) is 0 Å². The first-order valence-corrected chi connectivity index (χ1v) is 8.57. The largest absolute Gasteiger partial charge is 0.790 e. The molecule has 0 aliphatic carbocycles. The van der Waals surface area contributed by atoms with Crippen molar-refractivity contribution >= 4 is 7.37 Å². The van der Waals surface area contributed by atoms with Gasteiger partial charge in [-0.25, -0.2) is 4.57 Å². The number of aromatic amines is 1. The van der Waals surface area contributed by atoms with Crippen LogP contribution in [0, 0.1) is 0 Å². The Balaban J connectivity index is 0.000000579. The number of H-pyrrole nitrogens is 1. The van der Waals surface area contributed by atoms with Crippen LogP contribution < -0.4 is 9.46 Å². The number of halogens is 13. The van der Waals surface area contributed by atoms with Crippen LogP contribution in [0.2, 0.25) is 0 Å². The van der Waals surface area contributed by atoms with Gasteiger partial charge >= 0.3 is 29.9 Å². The number of aromatic nitrogens is 2. The number of alkyl halides is 13. The molecule has 0 unspecified atom stereocenters. The smallest absolute Gasteiger partial charge is 0.459 e. The Morgan fingerprint density at radius 2 is 1.30 bits per heavy atom. The summed E-state index contributed by atoms with van der Waals surface area (Å²) >= 11 is 0. The molecule has 1 N–H and O–H groups in total. The van der Waals surface area contributed by atoms with E-state index in [2.05, 4.69) is 9.72 Å². The fourth-order valence-electron chi connectivity index (χ4n) is 1.33. The summed E-state index contributed by atoms with van der Waals surface area (Å²) in [6.45, 7) is -0.709. The number of rotatable bonds is 6. The summed E-state index contributed by atoms with van der Waals surface area (Å²) < 4.78 is 168. The summed E-state index contributed by atoms with van der Waals surface area (Å²) in [5.74, 6) is 0. The molecule has 0 spiro atoms. The average molecular weight is 496 g/mol. The number of hydrogen-bond donors (Lipinski definition) is 1. The van der Waals surface area contributed by atoms with Crippen molar-refractivity contribution < 1.29 is 75.8 Å². The first kappa shape index (κ1) is 28.5. The van der Waals surface area contributed by atoms with Crippen molar-refractivity contribution in [1.82, 2.24) is 4.98 Å². The van der Waals surface area contributed by atoms with E-state index < -0.39 is 43.8 Å². The van der Waals surface area contributed by atoms with E-state index in [1.807, 2.05) is 0 Å². The van der Waals surface area contributed by atoms with Gasteiger partial charge in [-0.2, -0.15) is 57.1 Å². The molecule has 5 nitrogen and oxygen atoms in total. The van der Waals surface area contributed by atoms with Crippen LogP contribution in [0.1, 0.15) is 0 Å². The lowest BCUT2D eigenvalue weighted by molar-refractivity contribution is -0.697. The Kier molecular flexibility index (Phi) is 8.82. The number of nitrogens with one attached hydrogen (secondary N) is 1. The van der Waals surface area contributed by atoms with Gasteiger partial charge in [-0.1, -0.05) is 0 Å². The van der Waals surface area contributed by atoms with Crippen molar-refractivity contribution in [2.24, 2.45) is 0 Å². The molecule has 0 bridgehead atoms. The number of nitrogens with zero attached hydrogens (tertiary/aromatic N) is 1. The van der Waals surface area contributed by atoms with Crippen LogP contribution in [0.5, 0.6) is 0 Å². The van der Waals surface area contributed by atoms with Crippen molar-refractivity contribution in [3.05, 3.63) is 18.7 Å². The van der Waals surface area contributed by atoms with Crippen molar-refractivity contribution in [3.63, 3.8) is 0 Å². The number of hydrogen-bond acceptors (Lipinski definition) is 3. The lowest BCUT2D eigenvalue weighted by Crippen LogP contribution is -2.50. The molecule has 1 rings (SSSR count). The van der Waals surface area contributed by atoms with E-state index in [0.717, 1.165) is 0 Å². The fraction of sp³-hybridized carbons (Fsp3) is 0.727. The molecular formula is C11H10F13N2O3P. The Labute approximate surface area is 157 Å². The Morgan fingerprint density at radius 1 is 0.867 bits per heavy atom. The van der Waals surface area contributed by atoms with Gasteiger partial charge in [0.15, 0.2) is 7.37 Å². The second-order valence-electron chi connectivity index (χ2n) is 5.15. The van der Waals surface area contributed by atoms with E-state index in [4.69, 9.17) is 0 Å². The minimum Gasteiger partial charge on any atom is -0.790 e. The summed E-state index contributed by atoms with van der Waals surface area (Å²) in [4.78, 5) is 12.8. The van der Waals surface area contributed by atoms with Crippen LogP contribution >= 0.6 is 7.37 Å². The molecule has 0 amide bonds. The van der Waals surface area contributed by atoms with Gasteiger partial charge in [0.2, 0.25) is 6.33 Å². The quantitative estimate of drug-likeness (QED) is 0.282. The SMILES string of the molecule is FC(F)(F)COCC[n+]1cc[nH]c1.O=P([O-])(C(F)(F)C(F)(F)F)C(F)(F)C(F)(F)F. The average Bonchev–Trinajstić information content (AvgIpc) is 3.02. The summed E-state index contributed by atoms with van der Waals surface area (Å²) in [7, 11) is -8.51. The zero-order valence-corrected chi connectivity index (χ0v) is 14.8. The summed E-state index contributed by atoms with van der Waals surface area (Å²) in [6.07, 6.45) is -13.3. The summed E-state index contributed by atoms with van der Waals surface area (Å²) in [6, 6.07) is 0. The third kappa shape index (κ3) is 7.01. The lowest BCUT2D eigenvalue weighted by Gasteiger charge is -2.38. The van der Waals surface area contributed by atoms with Gasteiger partial charge in [-0.05, 0) is 0 Å². The minimum atomic E-state index is -8.51. The molecule has 1 heterocycles. The lowest BCUT2D eigenvalue weighted by atomic mass is 10.6. The highest BCUT2D eigenvalue weighted by Crippen LogP contribution is 2.72. The van der Waals surface area contributed by atoms with Crippen LogP contribution in [0.4, 0.5) is 57.1 Å². The van der Waals surface area contributed by atoms with E-state index in [1.165, 1.54) is 0 Å². The molecular weight excluding hydrogens is 486 g/mol. The molecule has 1 aromatic heterocycles. The van der Waals surface area contributed by atoms with E-state index in [-0.39, 0.29) is 6.61 Å². The van der Waals surface area contributed by atoms with Gasteiger partial charge in [-0.3, -0.25) is 4.98 Å². The molecule has 1 aromatic rings. The highest BCUT2D eigenvalue weighted by molar-refractivity contribution is 7.59. The zero-order valence-electron chi connectivity index (χ0n) is 13.9. The number of ether oxygens (including phenoxy) is 1. The molecule has 178 valence electrons. The van der Waals surface area contributed by atoms with Crippen LogP contribution in [-0.2, 0) is 15.8 Å². The second-order valence-corrected chi connectivity index (χ2v) is 7.37. The third-order valence-corrected chi connectivity index (χ3v) is 4.77. The predicted octanol–water partition coefficient (Wildman–Crippen LogP) is 3.82. The van der Waals surface area contributed by atoms with E-state index in [0.29, 0.717) is 6.54 Å². The van der Waals surface area contributed by atoms with E-state index in [9.17, 15) is 66.5 Å². The topological polar surface area (TPSA) is 69.0 Å². The molecule has 0 aliphatic heterocycles. The minimum absolute atomic E-state index is 0.0576. The maximum absolute atomic E-state index is 12.1. The first-order chi connectivity index (χ1) is 13.1. The monoisotopic (exact) mass is 496 g/mol. The van der Waals surface area contributed by atoms with E-state index in [1.54, 1.807) is 23.3 Å². The van der Waals surface area contributed by atoms with Crippen LogP contribution in [0.25, 0.3) is 0 Å². The predicted molar refractivity (Wildman–Crippen MR) is 67.5 cm³/mol. The Morgan fingerprint density at radius 3 is 1.60 bits per heavy atom. The van der Waals surface area contributed by atoms with Gasteiger partial charge in [-0.15, -0.1) is 0 Å². The maximum atomic E-state index is 12.1. The first-order valence-electron chi connectivity index (χ1n) is 6.94. The fourth-order valence-corrected chi connectivity index (χ4v) is 2.35. The molecule has 0 fully saturated rings. The summed E-state index contributed by atoms with van der Waals surface area (Å²) in [5.41, 5.74) is -14.4. The maximum Gasteiger partial charge on any atom is 0.459 e. The van der Waals surface area contributed by atoms with Crippen molar-refractivity contribution in [2.75, 3.05) is 13.2 Å². The van der Waals surface area contributed by atoms with Crippen molar-refractivity contribution in [3.8, 4) is 0 Å². The third-order valence-electron chi connectivity index (χ3n) is 2.78. The molecule has 30 heavy (non-hydrogen) atoms. The molecule has 0 saturated heterocycles. The highest BCUT2D eigenvalue weighted by Gasteiger charge is 2.78. The molecule has 0 saturated carbocycles.